The normalized spacial score (nSPS) is 15.9. The van der Waals surface area contributed by atoms with Crippen LogP contribution in [0, 0.1) is 6.92 Å². The van der Waals surface area contributed by atoms with Crippen molar-refractivity contribution < 1.29 is 17.9 Å². The predicted octanol–water partition coefficient (Wildman–Crippen LogP) is 3.14. The highest BCUT2D eigenvalue weighted by Gasteiger charge is 2.31. The molecule has 170 valence electrons. The zero-order valence-electron chi connectivity index (χ0n) is 17.7. The Hall–Kier alpha value is -3.14. The van der Waals surface area contributed by atoms with Gasteiger partial charge in [-0.1, -0.05) is 12.1 Å². The highest BCUT2D eigenvalue weighted by Crippen LogP contribution is 2.27. The van der Waals surface area contributed by atoms with Gasteiger partial charge in [-0.2, -0.15) is 0 Å². The Balaban J connectivity index is 1.49. The zero-order valence-corrected chi connectivity index (χ0v) is 17.7. The third-order valence-corrected chi connectivity index (χ3v) is 5.86. The summed E-state index contributed by atoms with van der Waals surface area (Å²) in [5.74, 6) is -0.250. The number of hydrogen-bond donors (Lipinski definition) is 0. The molecule has 0 unspecified atom stereocenters. The van der Waals surface area contributed by atoms with E-state index in [-0.39, 0.29) is 11.8 Å². The largest absolute Gasteiger partial charge is 0.573 e. The lowest BCUT2D eigenvalue weighted by molar-refractivity contribution is -0.274. The Bertz CT molecular complexity index is 1240. The summed E-state index contributed by atoms with van der Waals surface area (Å²) in [5, 5.41) is 0. The van der Waals surface area contributed by atoms with E-state index in [2.05, 4.69) is 14.6 Å². The fourth-order valence-corrected chi connectivity index (χ4v) is 4.30. The van der Waals surface area contributed by atoms with E-state index in [1.54, 1.807) is 25.4 Å². The van der Waals surface area contributed by atoms with Gasteiger partial charge >= 0.3 is 17.5 Å². The highest BCUT2D eigenvalue weighted by molar-refractivity contribution is 5.74. The first-order valence-corrected chi connectivity index (χ1v) is 10.3. The lowest BCUT2D eigenvalue weighted by Gasteiger charge is -2.33. The van der Waals surface area contributed by atoms with E-state index in [1.165, 1.54) is 21.3 Å². The Morgan fingerprint density at radius 2 is 1.72 bits per heavy atom. The summed E-state index contributed by atoms with van der Waals surface area (Å²) in [7, 11) is 1.58. The number of hydrogen-bond acceptors (Lipinski definition) is 5. The number of likely N-dealkylation sites (tertiary alicyclic amines) is 1. The van der Waals surface area contributed by atoms with Gasteiger partial charge < -0.3 is 9.30 Å². The van der Waals surface area contributed by atoms with Crippen LogP contribution in [0.5, 0.6) is 5.75 Å². The monoisotopic (exact) mass is 448 g/mol. The second kappa shape index (κ2) is 8.42. The molecule has 2 aromatic heterocycles. The second-order valence-corrected chi connectivity index (χ2v) is 8.04. The van der Waals surface area contributed by atoms with E-state index >= 15 is 0 Å². The molecule has 0 amide bonds. The van der Waals surface area contributed by atoms with Crippen LogP contribution in [-0.2, 0) is 13.6 Å². The van der Waals surface area contributed by atoms with E-state index in [0.29, 0.717) is 43.6 Å². The molecule has 1 aliphatic heterocycles. The Morgan fingerprint density at radius 1 is 1.06 bits per heavy atom. The molecule has 0 spiro atoms. The van der Waals surface area contributed by atoms with Gasteiger partial charge in [-0.25, -0.2) is 4.98 Å². The molecule has 10 heteroatoms. The van der Waals surface area contributed by atoms with Crippen molar-refractivity contribution in [2.24, 2.45) is 7.05 Å². The minimum atomic E-state index is -4.71. The second-order valence-electron chi connectivity index (χ2n) is 8.04. The first-order chi connectivity index (χ1) is 15.1. The molecule has 1 saturated heterocycles. The number of pyridine rings is 1. The van der Waals surface area contributed by atoms with E-state index < -0.39 is 17.5 Å². The number of aryl methyl sites for hydroxylation is 2. The van der Waals surface area contributed by atoms with Crippen molar-refractivity contribution in [3.63, 3.8) is 0 Å². The molecule has 1 aliphatic rings. The van der Waals surface area contributed by atoms with Crippen LogP contribution < -0.4 is 15.9 Å². The Kier molecular flexibility index (Phi) is 5.81. The molecule has 0 bridgehead atoms. The van der Waals surface area contributed by atoms with Crippen LogP contribution in [-0.4, -0.2) is 38.5 Å². The van der Waals surface area contributed by atoms with Crippen LogP contribution in [0.4, 0.5) is 13.2 Å². The number of alkyl halides is 3. The molecule has 0 N–H and O–H groups in total. The van der Waals surface area contributed by atoms with Crippen molar-refractivity contribution in [2.45, 2.75) is 38.7 Å². The van der Waals surface area contributed by atoms with E-state index in [9.17, 15) is 22.8 Å². The average molecular weight is 448 g/mol. The van der Waals surface area contributed by atoms with Crippen LogP contribution in [0.3, 0.4) is 0 Å². The van der Waals surface area contributed by atoms with E-state index in [0.717, 1.165) is 11.1 Å². The van der Waals surface area contributed by atoms with Crippen molar-refractivity contribution in [3.05, 3.63) is 68.4 Å². The van der Waals surface area contributed by atoms with Gasteiger partial charge in [0.15, 0.2) is 5.65 Å². The van der Waals surface area contributed by atoms with Crippen LogP contribution in [0.2, 0.25) is 0 Å². The number of halogens is 3. The maximum atomic E-state index is 12.8. The Labute approximate surface area is 181 Å². The summed E-state index contributed by atoms with van der Waals surface area (Å²) in [6, 6.07) is 7.48. The molecule has 4 rings (SSSR count). The molecule has 0 aliphatic carbocycles. The molecule has 0 saturated carbocycles. The maximum absolute atomic E-state index is 12.8. The summed E-state index contributed by atoms with van der Waals surface area (Å²) in [5.41, 5.74) is 1.76. The number of aromatic nitrogens is 3. The third-order valence-electron chi connectivity index (χ3n) is 5.86. The van der Waals surface area contributed by atoms with Gasteiger partial charge in [-0.15, -0.1) is 13.2 Å². The summed E-state index contributed by atoms with van der Waals surface area (Å²) < 4.78 is 43.7. The molecular weight excluding hydrogens is 425 g/mol. The van der Waals surface area contributed by atoms with Gasteiger partial charge in [0.2, 0.25) is 0 Å². The van der Waals surface area contributed by atoms with Crippen molar-refractivity contribution in [2.75, 3.05) is 13.1 Å². The zero-order chi connectivity index (χ0) is 23.0. The molecule has 1 fully saturated rings. The number of fused-ring (bicyclic) bond motifs is 1. The fourth-order valence-electron chi connectivity index (χ4n) is 4.30. The average Bonchev–Trinajstić information content (AvgIpc) is 2.74. The standard InChI is InChI=1S/C22H23F3N4O3/c1-14-7-10-26-19-18(14)27(2)20(30)21(31)29(19)16-8-11-28(12-9-16)13-15-3-5-17(6-4-15)32-22(23,24)25/h3-7,10,16H,8-9,11-13H2,1-2H3. The highest BCUT2D eigenvalue weighted by atomic mass is 19.4. The molecule has 0 radical (unpaired) electrons. The van der Waals surface area contributed by atoms with Gasteiger partial charge in [0.05, 0.1) is 5.52 Å². The number of nitrogens with zero attached hydrogens (tertiary/aromatic N) is 4. The maximum Gasteiger partial charge on any atom is 0.573 e. The summed E-state index contributed by atoms with van der Waals surface area (Å²) >= 11 is 0. The first-order valence-electron chi connectivity index (χ1n) is 10.3. The predicted molar refractivity (Wildman–Crippen MR) is 113 cm³/mol. The van der Waals surface area contributed by atoms with Crippen LogP contribution in [0.15, 0.2) is 46.1 Å². The molecular formula is C22H23F3N4O3. The molecule has 32 heavy (non-hydrogen) atoms. The van der Waals surface area contributed by atoms with Crippen molar-refractivity contribution >= 4 is 11.2 Å². The minimum absolute atomic E-state index is 0.146. The van der Waals surface area contributed by atoms with Crippen LogP contribution >= 0.6 is 0 Å². The van der Waals surface area contributed by atoms with Gasteiger partial charge in [0.1, 0.15) is 5.75 Å². The number of piperidine rings is 1. The molecule has 7 nitrogen and oxygen atoms in total. The van der Waals surface area contributed by atoms with Gasteiger partial charge in [-0.05, 0) is 49.1 Å². The smallest absolute Gasteiger partial charge is 0.406 e. The van der Waals surface area contributed by atoms with Crippen LogP contribution in [0.1, 0.15) is 30.0 Å². The number of benzene rings is 1. The third kappa shape index (κ3) is 4.40. The number of rotatable bonds is 4. The van der Waals surface area contributed by atoms with Gasteiger partial charge in [0.25, 0.3) is 0 Å². The quantitative estimate of drug-likeness (QED) is 0.574. The summed E-state index contributed by atoms with van der Waals surface area (Å²) in [6.45, 7) is 3.81. The molecule has 1 aromatic carbocycles. The Morgan fingerprint density at radius 3 is 2.34 bits per heavy atom. The van der Waals surface area contributed by atoms with E-state index in [4.69, 9.17) is 0 Å². The minimum Gasteiger partial charge on any atom is -0.406 e. The lowest BCUT2D eigenvalue weighted by atomic mass is 10.0. The van der Waals surface area contributed by atoms with Gasteiger partial charge in [-0.3, -0.25) is 19.1 Å². The fraction of sp³-hybridized carbons (Fsp3) is 0.409. The molecule has 3 heterocycles. The first kappa shape index (κ1) is 22.1. The summed E-state index contributed by atoms with van der Waals surface area (Å²) in [6.07, 6.45) is -1.75. The van der Waals surface area contributed by atoms with Crippen molar-refractivity contribution in [1.82, 2.24) is 19.0 Å². The SMILES string of the molecule is Cc1ccnc2c1n(C)c(=O)c(=O)n2C1CCN(Cc2ccc(OC(F)(F)F)cc2)CC1. The van der Waals surface area contributed by atoms with Crippen molar-refractivity contribution in [3.8, 4) is 5.75 Å². The van der Waals surface area contributed by atoms with Crippen molar-refractivity contribution in [1.29, 1.82) is 0 Å². The summed E-state index contributed by atoms with van der Waals surface area (Å²) in [4.78, 5) is 31.9. The number of ether oxygens (including phenoxy) is 1. The van der Waals surface area contributed by atoms with E-state index in [1.807, 2.05) is 13.0 Å². The van der Waals surface area contributed by atoms with Crippen LogP contribution in [0.25, 0.3) is 11.2 Å². The molecule has 0 atom stereocenters. The topological polar surface area (TPSA) is 69.4 Å². The molecule has 3 aromatic rings. The lowest BCUT2D eigenvalue weighted by Crippen LogP contribution is -2.45. The van der Waals surface area contributed by atoms with Gasteiger partial charge in [0, 0.05) is 38.9 Å².